The first-order chi connectivity index (χ1) is 5.02. The smallest absolute Gasteiger partial charge is 0.133 e. The van der Waals surface area contributed by atoms with E-state index in [-0.39, 0.29) is 11.6 Å². The van der Waals surface area contributed by atoms with Crippen LogP contribution in [-0.4, -0.2) is 11.6 Å². The SMILES string of the molecule is CC(=O)CCC(=O)CC(C)C. The van der Waals surface area contributed by atoms with E-state index in [1.807, 2.05) is 13.8 Å². The third kappa shape index (κ3) is 7.23. The predicted octanol–water partition coefficient (Wildman–Crippen LogP) is 1.97. The highest BCUT2D eigenvalue weighted by molar-refractivity contribution is 5.84. The van der Waals surface area contributed by atoms with Gasteiger partial charge in [0.05, 0.1) is 0 Å². The minimum absolute atomic E-state index is 0.0992. The molecule has 2 nitrogen and oxygen atoms in total. The second-order valence-corrected chi connectivity index (χ2v) is 3.34. The van der Waals surface area contributed by atoms with Crippen LogP contribution in [0.25, 0.3) is 0 Å². The summed E-state index contributed by atoms with van der Waals surface area (Å²) in [6.45, 7) is 5.53. The van der Waals surface area contributed by atoms with Crippen molar-refractivity contribution in [3.05, 3.63) is 0 Å². The molecular formula is C9H16O2. The average molecular weight is 156 g/mol. The van der Waals surface area contributed by atoms with Gasteiger partial charge >= 0.3 is 0 Å². The maximum atomic E-state index is 11.0. The zero-order valence-electron chi connectivity index (χ0n) is 7.52. The Bertz CT molecular complexity index is 148. The van der Waals surface area contributed by atoms with E-state index in [1.54, 1.807) is 0 Å². The lowest BCUT2D eigenvalue weighted by Crippen LogP contribution is -2.04. The molecule has 0 bridgehead atoms. The summed E-state index contributed by atoms with van der Waals surface area (Å²) in [6, 6.07) is 0. The maximum absolute atomic E-state index is 11.0. The average Bonchev–Trinajstić information content (AvgIpc) is 1.82. The third-order valence-electron chi connectivity index (χ3n) is 1.39. The number of hydrogen-bond acceptors (Lipinski definition) is 2. The van der Waals surface area contributed by atoms with Gasteiger partial charge in [0.15, 0.2) is 0 Å². The van der Waals surface area contributed by atoms with Gasteiger partial charge in [0.1, 0.15) is 11.6 Å². The monoisotopic (exact) mass is 156 g/mol. The number of rotatable bonds is 5. The summed E-state index contributed by atoms with van der Waals surface area (Å²) in [5.41, 5.74) is 0. The van der Waals surface area contributed by atoms with Crippen molar-refractivity contribution < 1.29 is 9.59 Å². The second kappa shape index (κ2) is 5.05. The van der Waals surface area contributed by atoms with Crippen LogP contribution in [0.4, 0.5) is 0 Å². The van der Waals surface area contributed by atoms with Crippen molar-refractivity contribution in [1.82, 2.24) is 0 Å². The van der Waals surface area contributed by atoms with Crippen LogP contribution in [-0.2, 0) is 9.59 Å². The molecule has 0 aromatic heterocycles. The molecule has 0 saturated carbocycles. The molecule has 0 saturated heterocycles. The first kappa shape index (κ1) is 10.3. The van der Waals surface area contributed by atoms with Crippen molar-refractivity contribution >= 4 is 11.6 Å². The molecule has 0 radical (unpaired) electrons. The lowest BCUT2D eigenvalue weighted by Gasteiger charge is -2.01. The molecule has 0 heterocycles. The van der Waals surface area contributed by atoms with Gasteiger partial charge in [-0.25, -0.2) is 0 Å². The molecule has 0 aliphatic carbocycles. The summed E-state index contributed by atoms with van der Waals surface area (Å²) in [7, 11) is 0. The number of carbonyl (C=O) groups is 2. The highest BCUT2D eigenvalue weighted by atomic mass is 16.1. The highest BCUT2D eigenvalue weighted by Gasteiger charge is 2.05. The maximum Gasteiger partial charge on any atom is 0.133 e. The van der Waals surface area contributed by atoms with E-state index in [0.717, 1.165) is 0 Å². The van der Waals surface area contributed by atoms with E-state index in [9.17, 15) is 9.59 Å². The Balaban J connectivity index is 3.45. The Morgan fingerprint density at radius 1 is 1.18 bits per heavy atom. The molecule has 0 N–H and O–H groups in total. The fourth-order valence-electron chi connectivity index (χ4n) is 0.873. The largest absolute Gasteiger partial charge is 0.300 e. The van der Waals surface area contributed by atoms with Gasteiger partial charge < -0.3 is 4.79 Å². The molecule has 0 aliphatic heterocycles. The van der Waals surface area contributed by atoms with Crippen LogP contribution in [0, 0.1) is 5.92 Å². The van der Waals surface area contributed by atoms with Crippen LogP contribution in [0.2, 0.25) is 0 Å². The summed E-state index contributed by atoms with van der Waals surface area (Å²) in [4.78, 5) is 21.5. The molecule has 0 fully saturated rings. The van der Waals surface area contributed by atoms with E-state index in [0.29, 0.717) is 25.2 Å². The molecule has 11 heavy (non-hydrogen) atoms. The van der Waals surface area contributed by atoms with Crippen LogP contribution < -0.4 is 0 Å². The van der Waals surface area contributed by atoms with E-state index >= 15 is 0 Å². The molecule has 0 rings (SSSR count). The Hall–Kier alpha value is -0.660. The van der Waals surface area contributed by atoms with Gasteiger partial charge in [-0.15, -0.1) is 0 Å². The molecular weight excluding hydrogens is 140 g/mol. The quantitative estimate of drug-likeness (QED) is 0.609. The van der Waals surface area contributed by atoms with Crippen LogP contribution in [0.15, 0.2) is 0 Å². The third-order valence-corrected chi connectivity index (χ3v) is 1.39. The lowest BCUT2D eigenvalue weighted by atomic mass is 10.0. The topological polar surface area (TPSA) is 34.1 Å². The van der Waals surface area contributed by atoms with Crippen molar-refractivity contribution in [3.8, 4) is 0 Å². The minimum atomic E-state index is 0.0992. The van der Waals surface area contributed by atoms with Crippen LogP contribution in [0.1, 0.15) is 40.0 Å². The van der Waals surface area contributed by atoms with E-state index in [2.05, 4.69) is 0 Å². The Morgan fingerprint density at radius 3 is 2.09 bits per heavy atom. The summed E-state index contributed by atoms with van der Waals surface area (Å²) < 4.78 is 0. The van der Waals surface area contributed by atoms with Crippen molar-refractivity contribution in [1.29, 1.82) is 0 Å². The Morgan fingerprint density at radius 2 is 1.73 bits per heavy atom. The van der Waals surface area contributed by atoms with E-state index in [4.69, 9.17) is 0 Å². The van der Waals surface area contributed by atoms with Crippen LogP contribution in [0.5, 0.6) is 0 Å². The molecule has 0 aromatic carbocycles. The first-order valence-corrected chi connectivity index (χ1v) is 4.03. The molecule has 2 heteroatoms. The summed E-state index contributed by atoms with van der Waals surface area (Å²) in [6.07, 6.45) is 1.44. The number of Topliss-reactive ketones (excluding diaryl/α,β-unsaturated/α-hetero) is 2. The van der Waals surface area contributed by atoms with Gasteiger partial charge in [-0.1, -0.05) is 13.8 Å². The fourth-order valence-corrected chi connectivity index (χ4v) is 0.873. The van der Waals surface area contributed by atoms with Gasteiger partial charge in [-0.3, -0.25) is 4.79 Å². The minimum Gasteiger partial charge on any atom is -0.300 e. The Kier molecular flexibility index (Phi) is 4.75. The van der Waals surface area contributed by atoms with Gasteiger partial charge in [0.2, 0.25) is 0 Å². The van der Waals surface area contributed by atoms with E-state index < -0.39 is 0 Å². The summed E-state index contributed by atoms with van der Waals surface area (Å²) in [5.74, 6) is 0.715. The van der Waals surface area contributed by atoms with E-state index in [1.165, 1.54) is 6.92 Å². The summed E-state index contributed by atoms with van der Waals surface area (Å²) >= 11 is 0. The zero-order chi connectivity index (χ0) is 8.85. The molecule has 0 atom stereocenters. The standard InChI is InChI=1S/C9H16O2/c1-7(2)6-9(11)5-4-8(3)10/h7H,4-6H2,1-3H3. The lowest BCUT2D eigenvalue weighted by molar-refractivity contribution is -0.123. The normalized spacial score (nSPS) is 10.2. The van der Waals surface area contributed by atoms with Gasteiger partial charge in [0.25, 0.3) is 0 Å². The Labute approximate surface area is 68.0 Å². The molecule has 0 spiro atoms. The fraction of sp³-hybridized carbons (Fsp3) is 0.778. The van der Waals surface area contributed by atoms with Crippen molar-refractivity contribution in [2.45, 2.75) is 40.0 Å². The van der Waals surface area contributed by atoms with Gasteiger partial charge in [-0.05, 0) is 12.8 Å². The van der Waals surface area contributed by atoms with Gasteiger partial charge in [0, 0.05) is 19.3 Å². The summed E-state index contributed by atoms with van der Waals surface area (Å²) in [5, 5.41) is 0. The van der Waals surface area contributed by atoms with Crippen molar-refractivity contribution in [2.75, 3.05) is 0 Å². The molecule has 0 unspecified atom stereocenters. The van der Waals surface area contributed by atoms with Crippen molar-refractivity contribution in [2.24, 2.45) is 5.92 Å². The van der Waals surface area contributed by atoms with Crippen LogP contribution in [0.3, 0.4) is 0 Å². The molecule has 0 aliphatic rings. The molecule has 0 amide bonds. The number of hydrogen-bond donors (Lipinski definition) is 0. The van der Waals surface area contributed by atoms with Gasteiger partial charge in [-0.2, -0.15) is 0 Å². The molecule has 0 aromatic rings. The molecule has 64 valence electrons. The number of ketones is 2. The second-order valence-electron chi connectivity index (χ2n) is 3.34. The highest BCUT2D eigenvalue weighted by Crippen LogP contribution is 2.04. The van der Waals surface area contributed by atoms with Crippen LogP contribution >= 0.6 is 0 Å². The number of carbonyl (C=O) groups excluding carboxylic acids is 2. The first-order valence-electron chi connectivity index (χ1n) is 4.03. The van der Waals surface area contributed by atoms with Crippen molar-refractivity contribution in [3.63, 3.8) is 0 Å². The predicted molar refractivity (Wildman–Crippen MR) is 44.4 cm³/mol. The zero-order valence-corrected chi connectivity index (χ0v) is 7.52.